The van der Waals surface area contributed by atoms with Crippen molar-refractivity contribution in [2.24, 2.45) is 5.92 Å². The van der Waals surface area contributed by atoms with Crippen LogP contribution in [0.3, 0.4) is 0 Å². The van der Waals surface area contributed by atoms with E-state index in [0.29, 0.717) is 6.04 Å². The van der Waals surface area contributed by atoms with Crippen LogP contribution in [0, 0.1) is 5.92 Å². The molecule has 4 rings (SSSR count). The van der Waals surface area contributed by atoms with Gasteiger partial charge >= 0.3 is 0 Å². The summed E-state index contributed by atoms with van der Waals surface area (Å²) in [5.41, 5.74) is 1.92. The van der Waals surface area contributed by atoms with Crippen LogP contribution in [0.2, 0.25) is 0 Å². The fourth-order valence-corrected chi connectivity index (χ4v) is 3.29. The molecule has 1 saturated carbocycles. The van der Waals surface area contributed by atoms with Gasteiger partial charge in [0.1, 0.15) is 11.6 Å². The molecule has 0 unspecified atom stereocenters. The van der Waals surface area contributed by atoms with Crippen LogP contribution in [0.25, 0.3) is 22.3 Å². The Kier molecular flexibility index (Phi) is 3.81. The van der Waals surface area contributed by atoms with E-state index < -0.39 is 0 Å². The fraction of sp³-hybridized carbons (Fsp3) is 0.300. The number of benzene rings is 2. The predicted octanol–water partition coefficient (Wildman–Crippen LogP) is 4.52. The van der Waals surface area contributed by atoms with Gasteiger partial charge < -0.3 is 10.1 Å². The summed E-state index contributed by atoms with van der Waals surface area (Å²) in [6.45, 7) is 2.29. The third-order valence-corrected chi connectivity index (χ3v) is 4.65. The lowest BCUT2D eigenvalue weighted by atomic mass is 9.82. The van der Waals surface area contributed by atoms with E-state index >= 15 is 0 Å². The molecule has 0 bridgehead atoms. The van der Waals surface area contributed by atoms with Crippen molar-refractivity contribution >= 4 is 16.7 Å². The molecule has 1 fully saturated rings. The summed E-state index contributed by atoms with van der Waals surface area (Å²) in [5, 5.41) is 4.68. The molecule has 0 radical (unpaired) electrons. The number of aromatic nitrogens is 2. The molecule has 1 aliphatic rings. The lowest BCUT2D eigenvalue weighted by Gasteiger charge is -2.34. The summed E-state index contributed by atoms with van der Waals surface area (Å²) in [4.78, 5) is 9.56. The SMILES string of the molecule is COc1cccc(-c2nc(NC3CC(C)C3)c3ccccc3n2)c1. The summed E-state index contributed by atoms with van der Waals surface area (Å²) in [6, 6.07) is 16.6. The highest BCUT2D eigenvalue weighted by Crippen LogP contribution is 2.32. The number of nitrogens with one attached hydrogen (secondary N) is 1. The van der Waals surface area contributed by atoms with Crippen molar-refractivity contribution in [1.82, 2.24) is 9.97 Å². The van der Waals surface area contributed by atoms with Gasteiger partial charge in [-0.25, -0.2) is 9.97 Å². The van der Waals surface area contributed by atoms with Crippen LogP contribution in [-0.2, 0) is 0 Å². The number of nitrogens with zero attached hydrogens (tertiary/aromatic N) is 2. The van der Waals surface area contributed by atoms with Crippen LogP contribution < -0.4 is 10.1 Å². The van der Waals surface area contributed by atoms with E-state index in [4.69, 9.17) is 14.7 Å². The zero-order chi connectivity index (χ0) is 16.5. The number of methoxy groups -OCH3 is 1. The second kappa shape index (κ2) is 6.11. The van der Waals surface area contributed by atoms with Crippen LogP contribution >= 0.6 is 0 Å². The number of hydrogen-bond acceptors (Lipinski definition) is 4. The Hall–Kier alpha value is -2.62. The Morgan fingerprint density at radius 3 is 2.67 bits per heavy atom. The van der Waals surface area contributed by atoms with Gasteiger partial charge in [0.25, 0.3) is 0 Å². The molecule has 0 spiro atoms. The highest BCUT2D eigenvalue weighted by atomic mass is 16.5. The van der Waals surface area contributed by atoms with Crippen LogP contribution in [0.5, 0.6) is 5.75 Å². The predicted molar refractivity (Wildman–Crippen MR) is 97.3 cm³/mol. The molecule has 1 aromatic heterocycles. The average molecular weight is 319 g/mol. The number of para-hydroxylation sites is 1. The Bertz CT molecular complexity index is 872. The molecule has 1 aliphatic carbocycles. The maximum absolute atomic E-state index is 5.33. The number of hydrogen-bond donors (Lipinski definition) is 1. The van der Waals surface area contributed by atoms with E-state index in [1.54, 1.807) is 7.11 Å². The quantitative estimate of drug-likeness (QED) is 0.768. The first kappa shape index (κ1) is 14.9. The van der Waals surface area contributed by atoms with Crippen LogP contribution in [0.15, 0.2) is 48.5 Å². The molecule has 0 saturated heterocycles. The molecule has 4 nitrogen and oxygen atoms in total. The van der Waals surface area contributed by atoms with Gasteiger partial charge in [0.2, 0.25) is 0 Å². The molecule has 122 valence electrons. The van der Waals surface area contributed by atoms with Crippen molar-refractivity contribution in [3.8, 4) is 17.1 Å². The largest absolute Gasteiger partial charge is 0.497 e. The highest BCUT2D eigenvalue weighted by molar-refractivity contribution is 5.90. The topological polar surface area (TPSA) is 47.0 Å². The van der Waals surface area contributed by atoms with E-state index in [-0.39, 0.29) is 0 Å². The van der Waals surface area contributed by atoms with Gasteiger partial charge in [-0.3, -0.25) is 0 Å². The lowest BCUT2D eigenvalue weighted by Crippen LogP contribution is -2.34. The minimum absolute atomic E-state index is 0.511. The Balaban J connectivity index is 1.78. The van der Waals surface area contributed by atoms with E-state index in [0.717, 1.165) is 39.8 Å². The van der Waals surface area contributed by atoms with Crippen molar-refractivity contribution in [1.29, 1.82) is 0 Å². The molecule has 3 aromatic rings. The van der Waals surface area contributed by atoms with Gasteiger partial charge in [-0.15, -0.1) is 0 Å². The average Bonchev–Trinajstić information content (AvgIpc) is 2.60. The summed E-state index contributed by atoms with van der Waals surface area (Å²) < 4.78 is 5.33. The van der Waals surface area contributed by atoms with Gasteiger partial charge in [0.15, 0.2) is 5.82 Å². The second-order valence-electron chi connectivity index (χ2n) is 6.56. The van der Waals surface area contributed by atoms with E-state index in [2.05, 4.69) is 18.3 Å². The van der Waals surface area contributed by atoms with Crippen molar-refractivity contribution in [2.75, 3.05) is 12.4 Å². The number of fused-ring (bicyclic) bond motifs is 1. The van der Waals surface area contributed by atoms with Gasteiger partial charge in [0.05, 0.1) is 12.6 Å². The minimum atomic E-state index is 0.511. The monoisotopic (exact) mass is 319 g/mol. The lowest BCUT2D eigenvalue weighted by molar-refractivity contribution is 0.309. The first-order valence-corrected chi connectivity index (χ1v) is 8.40. The molecule has 0 amide bonds. The van der Waals surface area contributed by atoms with Crippen LogP contribution in [0.1, 0.15) is 19.8 Å². The highest BCUT2D eigenvalue weighted by Gasteiger charge is 2.26. The first-order chi connectivity index (χ1) is 11.7. The van der Waals surface area contributed by atoms with Crippen molar-refractivity contribution < 1.29 is 4.74 Å². The van der Waals surface area contributed by atoms with Gasteiger partial charge in [0, 0.05) is 17.0 Å². The van der Waals surface area contributed by atoms with E-state index in [9.17, 15) is 0 Å². The van der Waals surface area contributed by atoms with Gasteiger partial charge in [-0.05, 0) is 43.0 Å². The van der Waals surface area contributed by atoms with Crippen molar-refractivity contribution in [2.45, 2.75) is 25.8 Å². The first-order valence-electron chi connectivity index (χ1n) is 8.40. The number of ether oxygens (including phenoxy) is 1. The zero-order valence-corrected chi connectivity index (χ0v) is 14.0. The molecule has 0 aliphatic heterocycles. The molecule has 24 heavy (non-hydrogen) atoms. The summed E-state index contributed by atoms with van der Waals surface area (Å²) in [5.74, 6) is 3.26. The Labute approximate surface area is 141 Å². The number of rotatable bonds is 4. The van der Waals surface area contributed by atoms with Crippen molar-refractivity contribution in [3.63, 3.8) is 0 Å². The summed E-state index contributed by atoms with van der Waals surface area (Å²) >= 11 is 0. The van der Waals surface area contributed by atoms with E-state index in [1.807, 2.05) is 42.5 Å². The molecule has 1 heterocycles. The Morgan fingerprint density at radius 1 is 1.04 bits per heavy atom. The van der Waals surface area contributed by atoms with E-state index in [1.165, 1.54) is 12.8 Å². The van der Waals surface area contributed by atoms with Gasteiger partial charge in [-0.1, -0.05) is 31.2 Å². The van der Waals surface area contributed by atoms with Crippen LogP contribution in [0.4, 0.5) is 5.82 Å². The third kappa shape index (κ3) is 2.80. The number of anilines is 1. The maximum Gasteiger partial charge on any atom is 0.162 e. The van der Waals surface area contributed by atoms with Crippen LogP contribution in [-0.4, -0.2) is 23.1 Å². The molecule has 2 aromatic carbocycles. The third-order valence-electron chi connectivity index (χ3n) is 4.65. The normalized spacial score (nSPS) is 19.8. The molecular formula is C20H21N3O. The molecule has 1 N–H and O–H groups in total. The smallest absolute Gasteiger partial charge is 0.162 e. The second-order valence-corrected chi connectivity index (χ2v) is 6.56. The molecule has 0 atom stereocenters. The molecular weight excluding hydrogens is 298 g/mol. The fourth-order valence-electron chi connectivity index (χ4n) is 3.29. The van der Waals surface area contributed by atoms with Crippen molar-refractivity contribution in [3.05, 3.63) is 48.5 Å². The minimum Gasteiger partial charge on any atom is -0.497 e. The Morgan fingerprint density at radius 2 is 1.88 bits per heavy atom. The standard InChI is InChI=1S/C20H21N3O/c1-13-10-15(11-13)21-20-17-8-3-4-9-18(17)22-19(23-20)14-6-5-7-16(12-14)24-2/h3-9,12-13,15H,10-11H2,1-2H3,(H,21,22,23). The maximum atomic E-state index is 5.33. The zero-order valence-electron chi connectivity index (χ0n) is 14.0. The summed E-state index contributed by atoms with van der Waals surface area (Å²) in [7, 11) is 1.67. The molecule has 4 heteroatoms. The van der Waals surface area contributed by atoms with Gasteiger partial charge in [-0.2, -0.15) is 0 Å². The summed E-state index contributed by atoms with van der Waals surface area (Å²) in [6.07, 6.45) is 2.40.